The summed E-state index contributed by atoms with van der Waals surface area (Å²) in [5, 5.41) is 0. The Labute approximate surface area is 240 Å². The molecule has 4 nitrogen and oxygen atoms in total. The summed E-state index contributed by atoms with van der Waals surface area (Å²) in [4.78, 5) is 0. The number of unbranched alkanes of at least 4 members (excludes halogenated alkanes) is 17. The van der Waals surface area contributed by atoms with E-state index in [-0.39, 0.29) is 6.61 Å². The van der Waals surface area contributed by atoms with Crippen LogP contribution in [-0.4, -0.2) is 39.7 Å². The van der Waals surface area contributed by atoms with E-state index in [1.54, 1.807) is 0 Å². The first-order valence-corrected chi connectivity index (χ1v) is 21.2. The molecule has 0 fully saturated rings. The minimum atomic E-state index is -3.98. The van der Waals surface area contributed by atoms with Crippen molar-refractivity contribution in [3.8, 4) is 0 Å². The fraction of sp³-hybridized carbons (Fsp3) is 1.00. The van der Waals surface area contributed by atoms with Crippen molar-refractivity contribution in [1.82, 2.24) is 0 Å². The van der Waals surface area contributed by atoms with Crippen LogP contribution in [0.2, 0.25) is 0 Å². The zero-order chi connectivity index (χ0) is 28.5. The molecule has 232 valence electrons. The van der Waals surface area contributed by atoms with Gasteiger partial charge in [-0.25, -0.2) is 0 Å². The van der Waals surface area contributed by atoms with Gasteiger partial charge in [0.1, 0.15) is 0 Å². The van der Waals surface area contributed by atoms with Gasteiger partial charge in [0.15, 0.2) is 0 Å². The van der Waals surface area contributed by atoms with Crippen LogP contribution in [0.3, 0.4) is 0 Å². The zero-order valence-corrected chi connectivity index (χ0v) is 28.3. The van der Waals surface area contributed by atoms with Crippen LogP contribution < -0.4 is 0 Å². The van der Waals surface area contributed by atoms with Gasteiger partial charge in [-0.2, -0.15) is 0 Å². The van der Waals surface area contributed by atoms with Crippen LogP contribution in [0.5, 0.6) is 0 Å². The van der Waals surface area contributed by atoms with Gasteiger partial charge in [0.05, 0.1) is 0 Å². The molecule has 0 heterocycles. The van der Waals surface area contributed by atoms with Gasteiger partial charge in [-0.15, -0.1) is 0 Å². The zero-order valence-electron chi connectivity index (χ0n) is 26.6. The molecule has 0 bridgehead atoms. The van der Waals surface area contributed by atoms with Crippen molar-refractivity contribution < 1.29 is 16.6 Å². The monoisotopic (exact) mass is 580 g/mol. The Morgan fingerprint density at radius 3 is 1.03 bits per heavy atom. The first-order valence-electron chi connectivity index (χ1n) is 16.9. The molecule has 0 amide bonds. The van der Waals surface area contributed by atoms with Crippen molar-refractivity contribution in [3.05, 3.63) is 0 Å². The van der Waals surface area contributed by atoms with Crippen molar-refractivity contribution in [2.75, 3.05) is 31.3 Å². The predicted octanol–water partition coefficient (Wildman–Crippen LogP) is 11.4. The van der Waals surface area contributed by atoms with Crippen molar-refractivity contribution in [2.24, 2.45) is 0 Å². The van der Waals surface area contributed by atoms with Crippen molar-refractivity contribution in [2.45, 2.75) is 176 Å². The van der Waals surface area contributed by atoms with E-state index >= 15 is 0 Å². The molecule has 38 heavy (non-hydrogen) atoms. The van der Waals surface area contributed by atoms with Crippen LogP contribution >= 0.6 is 6.83 Å². The van der Waals surface area contributed by atoms with E-state index in [1.165, 1.54) is 77.0 Å². The van der Waals surface area contributed by atoms with Crippen LogP contribution in [0.1, 0.15) is 176 Å². The number of hydrogen-bond acceptors (Lipinski definition) is 4. The molecule has 6 heteroatoms. The van der Waals surface area contributed by atoms with Crippen LogP contribution in [0.15, 0.2) is 0 Å². The molecule has 0 aromatic heterocycles. The second kappa shape index (κ2) is 24.0. The maximum atomic E-state index is 13.2. The molecule has 0 radical (unpaired) electrons. The van der Waals surface area contributed by atoms with Gasteiger partial charge in [0.2, 0.25) is 0 Å². The van der Waals surface area contributed by atoms with Crippen LogP contribution in [0, 0.1) is 0 Å². The SMILES string of the molecule is CCCCCCCCCCCCCCCCOS(=O)(=O)OP(CCCC)(CCCC)(CCCC)CCCC. The molecule has 0 spiro atoms. The normalized spacial score (nSPS) is 13.6. The van der Waals surface area contributed by atoms with Gasteiger partial charge in [0.25, 0.3) is 0 Å². The third-order valence-electron chi connectivity index (χ3n) is 8.34. The first kappa shape index (κ1) is 38.3. The van der Waals surface area contributed by atoms with Crippen LogP contribution in [0.25, 0.3) is 0 Å². The Morgan fingerprint density at radius 2 is 0.711 bits per heavy atom. The van der Waals surface area contributed by atoms with Crippen LogP contribution in [0.4, 0.5) is 0 Å². The second-order valence-corrected chi connectivity index (χ2v) is 19.2. The number of rotatable bonds is 30. The Balaban J connectivity index is 4.58. The Kier molecular flexibility index (Phi) is 24.1. The third-order valence-corrected chi connectivity index (χ3v) is 17.0. The van der Waals surface area contributed by atoms with E-state index in [0.29, 0.717) is 0 Å². The van der Waals surface area contributed by atoms with Crippen molar-refractivity contribution in [1.29, 1.82) is 0 Å². The molecular weight excluding hydrogens is 511 g/mol. The molecule has 0 saturated heterocycles. The Morgan fingerprint density at radius 1 is 0.421 bits per heavy atom. The Bertz CT molecular complexity index is 579. The molecule has 0 atom stereocenters. The average molecular weight is 581 g/mol. The maximum absolute atomic E-state index is 13.2. The van der Waals surface area contributed by atoms with E-state index in [1.807, 2.05) is 0 Å². The standard InChI is InChI=1S/C32H69O4PS/c1-6-11-16-17-18-19-20-21-22-23-24-25-26-27-28-35-38(33,34)36-37(29-12-7-2,30-13-8-3,31-14-9-4)32-15-10-5/h6-32H2,1-5H3. The molecule has 0 aliphatic heterocycles. The number of hydrogen-bond donors (Lipinski definition) is 0. The van der Waals surface area contributed by atoms with E-state index in [9.17, 15) is 8.42 Å². The average Bonchev–Trinajstić information content (AvgIpc) is 2.91. The summed E-state index contributed by atoms with van der Waals surface area (Å²) < 4.78 is 38.4. The fourth-order valence-corrected chi connectivity index (χ4v) is 15.3. The van der Waals surface area contributed by atoms with Gasteiger partial charge in [-0.05, 0) is 0 Å². The summed E-state index contributed by atoms with van der Waals surface area (Å²) in [6, 6.07) is 0. The minimum absolute atomic E-state index is 0.260. The summed E-state index contributed by atoms with van der Waals surface area (Å²) >= 11 is 0. The second-order valence-electron chi connectivity index (χ2n) is 12.1. The Hall–Kier alpha value is 0.300. The van der Waals surface area contributed by atoms with E-state index < -0.39 is 17.2 Å². The summed E-state index contributed by atoms with van der Waals surface area (Å²) in [6.45, 7) is 8.45. The van der Waals surface area contributed by atoms with Gasteiger partial charge in [0, 0.05) is 0 Å². The third kappa shape index (κ3) is 18.6. The molecule has 0 aliphatic rings. The molecule has 0 rings (SSSR count). The molecule has 0 N–H and O–H groups in total. The van der Waals surface area contributed by atoms with Gasteiger partial charge < -0.3 is 0 Å². The van der Waals surface area contributed by atoms with E-state index in [0.717, 1.165) is 88.9 Å². The van der Waals surface area contributed by atoms with Gasteiger partial charge in [-0.3, -0.25) is 0 Å². The predicted molar refractivity (Wildman–Crippen MR) is 172 cm³/mol. The quantitative estimate of drug-likeness (QED) is 0.0626. The summed E-state index contributed by atoms with van der Waals surface area (Å²) in [5.74, 6) is 0. The molecule has 0 saturated carbocycles. The molecular formula is C32H69O4PS. The fourth-order valence-electron chi connectivity index (χ4n) is 5.79. The van der Waals surface area contributed by atoms with E-state index in [4.69, 9.17) is 8.15 Å². The topological polar surface area (TPSA) is 52.6 Å². The van der Waals surface area contributed by atoms with Gasteiger partial charge >= 0.3 is 195 Å². The summed E-state index contributed by atoms with van der Waals surface area (Å²) in [6.07, 6.45) is 30.2. The summed E-state index contributed by atoms with van der Waals surface area (Å²) in [7, 11) is -3.98. The van der Waals surface area contributed by atoms with Crippen LogP contribution in [-0.2, 0) is 18.6 Å². The first-order chi connectivity index (χ1) is 18.3. The molecule has 0 unspecified atom stereocenters. The van der Waals surface area contributed by atoms with Gasteiger partial charge in [-0.1, -0.05) is 45.4 Å². The van der Waals surface area contributed by atoms with Crippen molar-refractivity contribution >= 4 is 17.2 Å². The molecule has 0 aliphatic carbocycles. The van der Waals surface area contributed by atoms with E-state index in [2.05, 4.69) is 34.6 Å². The molecule has 0 aromatic rings. The molecule has 0 aromatic carbocycles. The van der Waals surface area contributed by atoms with Crippen molar-refractivity contribution in [3.63, 3.8) is 0 Å². The summed E-state index contributed by atoms with van der Waals surface area (Å²) in [5.41, 5.74) is 0.